The number of nitrogens with two attached hydrogens (primary N) is 1. The molecule has 0 spiro atoms. The van der Waals surface area contributed by atoms with Gasteiger partial charge in [0.15, 0.2) is 0 Å². The second-order valence-electron chi connectivity index (χ2n) is 9.58. The monoisotopic (exact) mass is 441 g/mol. The maximum absolute atomic E-state index is 13.6. The molecule has 5 rings (SSSR count). The third kappa shape index (κ3) is 3.95. The number of nitrogen functional groups attached to an aromatic ring is 1. The molecule has 2 aliphatic heterocycles. The lowest BCUT2D eigenvalue weighted by atomic mass is 9.85. The van der Waals surface area contributed by atoms with E-state index in [0.717, 1.165) is 34.5 Å². The number of hydrogen-bond acceptors (Lipinski definition) is 5. The van der Waals surface area contributed by atoms with Crippen LogP contribution in [-0.4, -0.2) is 34.9 Å². The lowest BCUT2D eigenvalue weighted by Gasteiger charge is -2.23. The fourth-order valence-electron chi connectivity index (χ4n) is 4.93. The molecular formula is C26H27N5O2. The zero-order valence-electron chi connectivity index (χ0n) is 18.9. The maximum atomic E-state index is 13.6. The minimum atomic E-state index is -0.373. The molecule has 1 atom stereocenters. The molecule has 0 saturated carbocycles. The van der Waals surface area contributed by atoms with Crippen LogP contribution >= 0.6 is 0 Å². The minimum absolute atomic E-state index is 0.00536. The van der Waals surface area contributed by atoms with Crippen LogP contribution < -0.4 is 15.5 Å². The van der Waals surface area contributed by atoms with Gasteiger partial charge in [-0.15, -0.1) is 0 Å². The molecule has 1 saturated heterocycles. The fraction of sp³-hybridized carbons (Fsp3) is 0.308. The molecule has 2 aromatic carbocycles. The van der Waals surface area contributed by atoms with E-state index in [1.807, 2.05) is 35.5 Å². The van der Waals surface area contributed by atoms with E-state index in [4.69, 9.17) is 5.73 Å². The molecule has 7 nitrogen and oxygen atoms in total. The number of carbonyl (C=O) groups is 2. The van der Waals surface area contributed by atoms with Crippen molar-refractivity contribution in [3.63, 3.8) is 0 Å². The largest absolute Gasteiger partial charge is 0.399 e. The minimum Gasteiger partial charge on any atom is -0.399 e. The summed E-state index contributed by atoms with van der Waals surface area (Å²) in [6.07, 6.45) is 6.13. The van der Waals surface area contributed by atoms with Crippen LogP contribution in [0.5, 0.6) is 0 Å². The van der Waals surface area contributed by atoms with Gasteiger partial charge in [-0.3, -0.25) is 9.59 Å². The van der Waals surface area contributed by atoms with Crippen molar-refractivity contribution in [1.82, 2.24) is 9.97 Å². The molecule has 0 radical (unpaired) electrons. The zero-order valence-corrected chi connectivity index (χ0v) is 18.9. The molecule has 2 N–H and O–H groups in total. The molecule has 1 unspecified atom stereocenters. The topological polar surface area (TPSA) is 92.4 Å². The summed E-state index contributed by atoms with van der Waals surface area (Å²) < 4.78 is 0. The van der Waals surface area contributed by atoms with Gasteiger partial charge < -0.3 is 15.5 Å². The van der Waals surface area contributed by atoms with E-state index >= 15 is 0 Å². The summed E-state index contributed by atoms with van der Waals surface area (Å²) in [5, 5.41) is 0. The van der Waals surface area contributed by atoms with Gasteiger partial charge in [-0.2, -0.15) is 0 Å². The normalized spacial score (nSPS) is 19.1. The third-order valence-electron chi connectivity index (χ3n) is 6.58. The summed E-state index contributed by atoms with van der Waals surface area (Å²) in [4.78, 5) is 38.0. The molecule has 2 amide bonds. The van der Waals surface area contributed by atoms with Gasteiger partial charge in [0.2, 0.25) is 11.8 Å². The van der Waals surface area contributed by atoms with Crippen molar-refractivity contribution in [2.24, 2.45) is 5.92 Å². The second-order valence-corrected chi connectivity index (χ2v) is 9.58. The third-order valence-corrected chi connectivity index (χ3v) is 6.58. The van der Waals surface area contributed by atoms with Crippen molar-refractivity contribution >= 4 is 28.9 Å². The Labute approximate surface area is 193 Å². The summed E-state index contributed by atoms with van der Waals surface area (Å²) in [6.45, 7) is 5.29. The highest BCUT2D eigenvalue weighted by Gasteiger charge is 2.43. The van der Waals surface area contributed by atoms with E-state index < -0.39 is 0 Å². The number of hydrogen-bond donors (Lipinski definition) is 1. The van der Waals surface area contributed by atoms with Gasteiger partial charge in [-0.1, -0.05) is 32.0 Å². The molecule has 0 bridgehead atoms. The first kappa shape index (κ1) is 21.1. The maximum Gasteiger partial charge on any atom is 0.232 e. The lowest BCUT2D eigenvalue weighted by Crippen LogP contribution is -2.39. The highest BCUT2D eigenvalue weighted by molar-refractivity contribution is 6.05. The van der Waals surface area contributed by atoms with Crippen LogP contribution in [0.2, 0.25) is 0 Å². The van der Waals surface area contributed by atoms with Gasteiger partial charge in [0.25, 0.3) is 0 Å². The number of amides is 2. The number of carbonyl (C=O) groups excluding carboxylic acids is 2. The predicted molar refractivity (Wildman–Crippen MR) is 128 cm³/mol. The van der Waals surface area contributed by atoms with Gasteiger partial charge >= 0.3 is 0 Å². The van der Waals surface area contributed by atoms with E-state index in [1.54, 1.807) is 17.0 Å². The summed E-state index contributed by atoms with van der Waals surface area (Å²) >= 11 is 0. The Morgan fingerprint density at radius 1 is 1.12 bits per heavy atom. The highest BCUT2D eigenvalue weighted by Crippen LogP contribution is 2.42. The molecule has 2 aliphatic rings. The van der Waals surface area contributed by atoms with Gasteiger partial charge in [0, 0.05) is 60.8 Å². The lowest BCUT2D eigenvalue weighted by molar-refractivity contribution is -0.124. The van der Waals surface area contributed by atoms with E-state index in [0.29, 0.717) is 18.8 Å². The average Bonchev–Trinajstić information content (AvgIpc) is 3.31. The summed E-state index contributed by atoms with van der Waals surface area (Å²) in [7, 11) is 0. The van der Waals surface area contributed by atoms with Crippen molar-refractivity contribution < 1.29 is 9.59 Å². The molecule has 33 heavy (non-hydrogen) atoms. The SMILES string of the molecule is CC1(C)CN(C(=O)C2CC(=O)N(c3cccc(N)c3)C2)c2ccc(Cc3cncnc3)cc21. The fourth-order valence-corrected chi connectivity index (χ4v) is 4.93. The number of benzene rings is 2. The number of rotatable bonds is 4. The molecule has 3 heterocycles. The number of anilines is 3. The standard InChI is InChI=1S/C26H27N5O2/c1-26(2)15-31(23-7-6-17(9-22(23)26)8-18-12-28-16-29-13-18)25(33)19-10-24(32)30(14-19)21-5-3-4-20(27)11-21/h3-7,9,11-13,16,19H,8,10,14-15,27H2,1-2H3. The van der Waals surface area contributed by atoms with Crippen molar-refractivity contribution in [3.05, 3.63) is 77.9 Å². The Balaban J connectivity index is 1.38. The van der Waals surface area contributed by atoms with E-state index in [2.05, 4.69) is 35.9 Å². The molecule has 1 aromatic heterocycles. The first-order valence-corrected chi connectivity index (χ1v) is 11.2. The summed E-state index contributed by atoms with van der Waals surface area (Å²) in [5.41, 5.74) is 11.4. The number of aromatic nitrogens is 2. The van der Waals surface area contributed by atoms with E-state index in [1.165, 1.54) is 6.33 Å². The Hall–Kier alpha value is -3.74. The summed E-state index contributed by atoms with van der Waals surface area (Å²) in [5.74, 6) is -0.411. The second kappa shape index (κ2) is 7.99. The summed E-state index contributed by atoms with van der Waals surface area (Å²) in [6, 6.07) is 13.5. The van der Waals surface area contributed by atoms with Crippen LogP contribution in [-0.2, 0) is 21.4 Å². The van der Waals surface area contributed by atoms with Crippen molar-refractivity contribution in [2.45, 2.75) is 32.1 Å². The van der Waals surface area contributed by atoms with Gasteiger partial charge in [0.05, 0.1) is 5.92 Å². The first-order valence-electron chi connectivity index (χ1n) is 11.2. The van der Waals surface area contributed by atoms with Gasteiger partial charge in [0.1, 0.15) is 6.33 Å². The van der Waals surface area contributed by atoms with Crippen LogP contribution in [0.3, 0.4) is 0 Å². The first-order chi connectivity index (χ1) is 15.8. The van der Waals surface area contributed by atoms with Crippen LogP contribution in [0.15, 0.2) is 61.2 Å². The molecule has 1 fully saturated rings. The Kier molecular flexibility index (Phi) is 5.12. The smallest absolute Gasteiger partial charge is 0.232 e. The van der Waals surface area contributed by atoms with E-state index in [9.17, 15) is 9.59 Å². The molecule has 0 aliphatic carbocycles. The van der Waals surface area contributed by atoms with Crippen molar-refractivity contribution in [1.29, 1.82) is 0 Å². The van der Waals surface area contributed by atoms with E-state index in [-0.39, 0.29) is 29.6 Å². The quantitative estimate of drug-likeness (QED) is 0.627. The molecule has 3 aromatic rings. The average molecular weight is 442 g/mol. The highest BCUT2D eigenvalue weighted by atomic mass is 16.2. The van der Waals surface area contributed by atoms with Crippen LogP contribution in [0.1, 0.15) is 37.0 Å². The van der Waals surface area contributed by atoms with Gasteiger partial charge in [-0.25, -0.2) is 9.97 Å². The number of nitrogens with zero attached hydrogens (tertiary/aromatic N) is 4. The Morgan fingerprint density at radius 3 is 2.67 bits per heavy atom. The zero-order chi connectivity index (χ0) is 23.2. The van der Waals surface area contributed by atoms with Crippen LogP contribution in [0.4, 0.5) is 17.1 Å². The van der Waals surface area contributed by atoms with Gasteiger partial charge in [-0.05, 0) is 41.0 Å². The molecule has 168 valence electrons. The Morgan fingerprint density at radius 2 is 1.91 bits per heavy atom. The predicted octanol–water partition coefficient (Wildman–Crippen LogP) is 3.33. The molecular weight excluding hydrogens is 414 g/mol. The van der Waals surface area contributed by atoms with Crippen LogP contribution in [0, 0.1) is 5.92 Å². The van der Waals surface area contributed by atoms with Crippen molar-refractivity contribution in [3.8, 4) is 0 Å². The van der Waals surface area contributed by atoms with Crippen LogP contribution in [0.25, 0.3) is 0 Å². The van der Waals surface area contributed by atoms with Crippen molar-refractivity contribution in [2.75, 3.05) is 28.6 Å². The molecule has 7 heteroatoms. The number of fused-ring (bicyclic) bond motifs is 1. The Bertz CT molecular complexity index is 1220.